The van der Waals surface area contributed by atoms with Gasteiger partial charge in [0.15, 0.2) is 5.79 Å². The van der Waals surface area contributed by atoms with Crippen LogP contribution in [0.2, 0.25) is 0 Å². The number of hydrogen-bond acceptors (Lipinski definition) is 7. The van der Waals surface area contributed by atoms with E-state index in [4.69, 9.17) is 19.2 Å². The van der Waals surface area contributed by atoms with Gasteiger partial charge in [0.1, 0.15) is 21.8 Å². The summed E-state index contributed by atoms with van der Waals surface area (Å²) in [7, 11) is 0. The summed E-state index contributed by atoms with van der Waals surface area (Å²) in [5.41, 5.74) is 5.97. The maximum absolute atomic E-state index is 13.8. The summed E-state index contributed by atoms with van der Waals surface area (Å²) in [6.45, 7) is 9.28. The Morgan fingerprint density at radius 3 is 2.62 bits per heavy atom. The Morgan fingerprint density at radius 2 is 1.95 bits per heavy atom. The fourth-order valence-electron chi connectivity index (χ4n) is 4.83. The number of esters is 1. The molecule has 1 aliphatic carbocycles. The molecule has 6 nitrogen and oxygen atoms in total. The lowest BCUT2D eigenvalue weighted by Gasteiger charge is -2.39. The quantitative estimate of drug-likeness (QED) is 0.323. The molecule has 5 rings (SSSR count). The van der Waals surface area contributed by atoms with E-state index in [1.54, 1.807) is 17.6 Å². The molecule has 1 aliphatic heterocycles. The van der Waals surface area contributed by atoms with E-state index in [1.165, 1.54) is 23.5 Å². The van der Waals surface area contributed by atoms with Crippen LogP contribution in [-0.2, 0) is 19.0 Å². The minimum Gasteiger partial charge on any atom is -0.460 e. The van der Waals surface area contributed by atoms with Crippen molar-refractivity contribution in [2.45, 2.75) is 89.8 Å². The molecule has 1 aromatic carbocycles. The Balaban J connectivity index is 1.48. The number of pyridine rings is 1. The molecule has 8 heteroatoms. The van der Waals surface area contributed by atoms with E-state index in [1.807, 2.05) is 40.7 Å². The second-order valence-corrected chi connectivity index (χ2v) is 12.1. The molecule has 196 valence electrons. The molecule has 2 unspecified atom stereocenters. The van der Waals surface area contributed by atoms with E-state index >= 15 is 0 Å². The van der Waals surface area contributed by atoms with Crippen LogP contribution in [0, 0.1) is 5.82 Å². The number of carbonyl (C=O) groups is 1. The standard InChI is InChI=1S/C29H33FN2O4S/c1-28(2,3)36-23(33)15-21-14-20(34-29(4,5)35-21)12-13-22-24(17-8-10-19(30)11-9-17)26-27(37-16-31-26)32-25(22)18-6-7-18/h8-13,16,18,20-21H,6-7,14-15H2,1-5H3/b13-12+. The minimum absolute atomic E-state index is 0.162. The lowest BCUT2D eigenvalue weighted by molar-refractivity contribution is -0.290. The van der Waals surface area contributed by atoms with Gasteiger partial charge in [-0.1, -0.05) is 24.3 Å². The average molecular weight is 525 g/mol. The lowest BCUT2D eigenvalue weighted by Crippen LogP contribution is -2.45. The highest BCUT2D eigenvalue weighted by Crippen LogP contribution is 2.46. The summed E-state index contributed by atoms with van der Waals surface area (Å²) in [5, 5.41) is 0. The van der Waals surface area contributed by atoms with Crippen LogP contribution in [0.5, 0.6) is 0 Å². The van der Waals surface area contributed by atoms with Gasteiger partial charge < -0.3 is 14.2 Å². The lowest BCUT2D eigenvalue weighted by atomic mass is 9.95. The first kappa shape index (κ1) is 25.9. The van der Waals surface area contributed by atoms with Gasteiger partial charge >= 0.3 is 5.97 Å². The molecular formula is C29H33FN2O4S. The Labute approximate surface area is 220 Å². The Morgan fingerprint density at radius 1 is 1.22 bits per heavy atom. The molecule has 0 amide bonds. The van der Waals surface area contributed by atoms with Gasteiger partial charge in [-0.25, -0.2) is 14.4 Å². The Bertz CT molecular complexity index is 1320. The van der Waals surface area contributed by atoms with Gasteiger partial charge in [-0.2, -0.15) is 0 Å². The van der Waals surface area contributed by atoms with Gasteiger partial charge in [-0.05, 0) is 65.2 Å². The number of fused-ring (bicyclic) bond motifs is 1. The largest absolute Gasteiger partial charge is 0.460 e. The van der Waals surface area contributed by atoms with Crippen LogP contribution in [0.25, 0.3) is 27.6 Å². The molecule has 37 heavy (non-hydrogen) atoms. The number of hydrogen-bond donors (Lipinski definition) is 0. The zero-order valence-electron chi connectivity index (χ0n) is 21.9. The predicted molar refractivity (Wildman–Crippen MR) is 143 cm³/mol. The summed E-state index contributed by atoms with van der Waals surface area (Å²) >= 11 is 1.52. The SMILES string of the molecule is CC(C)(C)OC(=O)CC1CC(/C=C/c2c(C3CC3)nc3scnc3c2-c2ccc(F)cc2)OC(C)(C)O1. The van der Waals surface area contributed by atoms with E-state index in [9.17, 15) is 9.18 Å². The number of halogens is 1. The van der Waals surface area contributed by atoms with Gasteiger partial charge in [0.25, 0.3) is 0 Å². The number of rotatable bonds is 6. The van der Waals surface area contributed by atoms with Gasteiger partial charge in [0, 0.05) is 23.5 Å². The molecule has 2 aromatic heterocycles. The van der Waals surface area contributed by atoms with Crippen molar-refractivity contribution >= 4 is 33.7 Å². The van der Waals surface area contributed by atoms with E-state index in [-0.39, 0.29) is 30.4 Å². The van der Waals surface area contributed by atoms with E-state index in [0.717, 1.165) is 45.6 Å². The second-order valence-electron chi connectivity index (χ2n) is 11.3. The Hall–Kier alpha value is -2.68. The van der Waals surface area contributed by atoms with Gasteiger partial charge in [-0.3, -0.25) is 4.79 Å². The smallest absolute Gasteiger partial charge is 0.308 e. The normalized spacial score (nSPS) is 22.0. The maximum Gasteiger partial charge on any atom is 0.308 e. The van der Waals surface area contributed by atoms with E-state index in [2.05, 4.69) is 11.1 Å². The van der Waals surface area contributed by atoms with Crippen molar-refractivity contribution in [2.24, 2.45) is 0 Å². The first-order chi connectivity index (χ1) is 17.5. The molecule has 0 radical (unpaired) electrons. The van der Waals surface area contributed by atoms with Crippen LogP contribution >= 0.6 is 11.3 Å². The van der Waals surface area contributed by atoms with Crippen LogP contribution in [0.4, 0.5) is 4.39 Å². The van der Waals surface area contributed by atoms with Crippen molar-refractivity contribution < 1.29 is 23.4 Å². The highest BCUT2D eigenvalue weighted by molar-refractivity contribution is 7.16. The van der Waals surface area contributed by atoms with Crippen molar-refractivity contribution in [3.05, 3.63) is 52.9 Å². The highest BCUT2D eigenvalue weighted by atomic mass is 32.1. The fraction of sp³-hybridized carbons (Fsp3) is 0.483. The number of carbonyl (C=O) groups excluding carboxylic acids is 1. The van der Waals surface area contributed by atoms with Gasteiger partial charge in [0.05, 0.1) is 29.8 Å². The van der Waals surface area contributed by atoms with Crippen LogP contribution in [-0.4, -0.2) is 39.5 Å². The molecule has 1 saturated carbocycles. The summed E-state index contributed by atoms with van der Waals surface area (Å²) in [6, 6.07) is 6.54. The third-order valence-corrected chi connectivity index (χ3v) is 7.04. The van der Waals surface area contributed by atoms with Crippen molar-refractivity contribution in [2.75, 3.05) is 0 Å². The second kappa shape index (κ2) is 9.89. The number of ether oxygens (including phenoxy) is 3. The first-order valence-corrected chi connectivity index (χ1v) is 13.6. The average Bonchev–Trinajstić information content (AvgIpc) is 3.52. The highest BCUT2D eigenvalue weighted by Gasteiger charge is 2.37. The van der Waals surface area contributed by atoms with Crippen LogP contribution in [0.15, 0.2) is 35.9 Å². The summed E-state index contributed by atoms with van der Waals surface area (Å²) in [5.74, 6) is -1.01. The molecular weight excluding hydrogens is 491 g/mol. The van der Waals surface area contributed by atoms with E-state index in [0.29, 0.717) is 12.3 Å². The summed E-state index contributed by atoms with van der Waals surface area (Å²) < 4.78 is 31.5. The van der Waals surface area contributed by atoms with Crippen LogP contribution in [0.1, 0.15) is 77.5 Å². The van der Waals surface area contributed by atoms with Crippen LogP contribution in [0.3, 0.4) is 0 Å². The maximum atomic E-state index is 13.8. The monoisotopic (exact) mass is 524 g/mol. The molecule has 2 atom stereocenters. The third kappa shape index (κ3) is 6.25. The Kier molecular flexibility index (Phi) is 6.94. The fourth-order valence-corrected chi connectivity index (χ4v) is 5.50. The minimum atomic E-state index is -0.851. The predicted octanol–water partition coefficient (Wildman–Crippen LogP) is 7.03. The first-order valence-electron chi connectivity index (χ1n) is 12.8. The summed E-state index contributed by atoms with van der Waals surface area (Å²) in [6.07, 6.45) is 6.38. The van der Waals surface area contributed by atoms with E-state index < -0.39 is 11.4 Å². The summed E-state index contributed by atoms with van der Waals surface area (Å²) in [4.78, 5) is 23.0. The van der Waals surface area contributed by atoms with Crippen LogP contribution < -0.4 is 0 Å². The van der Waals surface area contributed by atoms with Crippen molar-refractivity contribution in [3.8, 4) is 11.1 Å². The van der Waals surface area contributed by atoms with Gasteiger partial charge in [0.2, 0.25) is 0 Å². The topological polar surface area (TPSA) is 70.5 Å². The zero-order chi connectivity index (χ0) is 26.4. The molecule has 3 aromatic rings. The van der Waals surface area contributed by atoms with Crippen molar-refractivity contribution in [3.63, 3.8) is 0 Å². The van der Waals surface area contributed by atoms with Crippen molar-refractivity contribution in [1.82, 2.24) is 9.97 Å². The molecule has 3 heterocycles. The molecule has 1 saturated heterocycles. The molecule has 2 fully saturated rings. The number of benzene rings is 1. The molecule has 2 aliphatic rings. The third-order valence-electron chi connectivity index (χ3n) is 6.32. The molecule has 0 bridgehead atoms. The van der Waals surface area contributed by atoms with Gasteiger partial charge in [-0.15, -0.1) is 11.3 Å². The van der Waals surface area contributed by atoms with Crippen molar-refractivity contribution in [1.29, 1.82) is 0 Å². The number of aromatic nitrogens is 2. The molecule has 0 N–H and O–H groups in total. The number of nitrogens with zero attached hydrogens (tertiary/aromatic N) is 2. The molecule has 0 spiro atoms. The number of thiazole rings is 1. The zero-order valence-corrected chi connectivity index (χ0v) is 22.7.